The molecule has 0 fully saturated rings. The van der Waals surface area contributed by atoms with E-state index < -0.39 is 0 Å². The van der Waals surface area contributed by atoms with Gasteiger partial charge in [0.25, 0.3) is 5.91 Å². The van der Waals surface area contributed by atoms with Crippen molar-refractivity contribution in [1.82, 2.24) is 24.8 Å². The van der Waals surface area contributed by atoms with Gasteiger partial charge in [0.1, 0.15) is 5.69 Å². The first-order valence-electron chi connectivity index (χ1n) is 12.8. The van der Waals surface area contributed by atoms with Crippen LogP contribution in [-0.4, -0.2) is 37.9 Å². The van der Waals surface area contributed by atoms with Gasteiger partial charge in [0, 0.05) is 42.9 Å². The number of nitrogens with two attached hydrogens (primary N) is 1. The number of rotatable bonds is 4. The summed E-state index contributed by atoms with van der Waals surface area (Å²) in [6, 6.07) is 19.0. The number of carbonyl (C=O) groups excluding carboxylic acids is 2. The fourth-order valence-corrected chi connectivity index (χ4v) is 4.87. The second-order valence-corrected chi connectivity index (χ2v) is 9.54. The first kappa shape index (κ1) is 24.8. The molecule has 2 amide bonds. The lowest BCUT2D eigenvalue weighted by molar-refractivity contribution is -0.115. The number of nitrogen functional groups attached to an aromatic ring is 1. The molecule has 5 aromatic rings. The highest BCUT2D eigenvalue weighted by Crippen LogP contribution is 2.28. The van der Waals surface area contributed by atoms with Gasteiger partial charge >= 0.3 is 0 Å². The smallest absolute Gasteiger partial charge is 0.253 e. The van der Waals surface area contributed by atoms with Crippen molar-refractivity contribution < 1.29 is 9.59 Å². The molecule has 0 saturated carbocycles. The van der Waals surface area contributed by atoms with E-state index in [2.05, 4.69) is 37.4 Å². The minimum atomic E-state index is -0.145. The maximum Gasteiger partial charge on any atom is 0.253 e. The van der Waals surface area contributed by atoms with Crippen LogP contribution in [0.4, 0.5) is 11.6 Å². The molecule has 4 N–H and O–H groups in total. The quantitative estimate of drug-likeness (QED) is 0.307. The van der Waals surface area contributed by atoms with Crippen molar-refractivity contribution in [3.05, 3.63) is 101 Å². The van der Waals surface area contributed by atoms with E-state index in [0.717, 1.165) is 39.8 Å². The fourth-order valence-electron chi connectivity index (χ4n) is 4.87. The average molecular weight is 528 g/mol. The number of fused-ring (bicyclic) bond motifs is 2. The van der Waals surface area contributed by atoms with Crippen molar-refractivity contribution >= 4 is 34.4 Å². The number of aromatic nitrogens is 4. The molecule has 4 heterocycles. The third-order valence-electron chi connectivity index (χ3n) is 6.81. The van der Waals surface area contributed by atoms with Crippen LogP contribution < -0.4 is 16.4 Å². The summed E-state index contributed by atoms with van der Waals surface area (Å²) in [4.78, 5) is 38.1. The molecule has 0 unspecified atom stereocenters. The van der Waals surface area contributed by atoms with Gasteiger partial charge in [-0.25, -0.2) is 9.97 Å². The van der Waals surface area contributed by atoms with Crippen LogP contribution in [0.15, 0.2) is 73.1 Å². The highest BCUT2D eigenvalue weighted by atomic mass is 16.2. The van der Waals surface area contributed by atoms with Crippen LogP contribution in [0.5, 0.6) is 0 Å². The number of nitrogens with one attached hydrogen (secondary N) is 2. The van der Waals surface area contributed by atoms with Crippen LogP contribution in [0.2, 0.25) is 0 Å². The highest BCUT2D eigenvalue weighted by Gasteiger charge is 2.24. The number of anilines is 2. The lowest BCUT2D eigenvalue weighted by Gasteiger charge is -2.14. The zero-order valence-electron chi connectivity index (χ0n) is 21.7. The molecule has 0 aliphatic carbocycles. The Morgan fingerprint density at radius 2 is 1.95 bits per heavy atom. The Kier molecular flexibility index (Phi) is 6.42. The molecule has 6 rings (SSSR count). The van der Waals surface area contributed by atoms with Gasteiger partial charge in [-0.2, -0.15) is 0 Å². The summed E-state index contributed by atoms with van der Waals surface area (Å²) in [6.07, 6.45) is 4.17. The Hall–Kier alpha value is -5.49. The third-order valence-corrected chi connectivity index (χ3v) is 6.81. The number of para-hydroxylation sites is 1. The maximum absolute atomic E-state index is 12.7. The van der Waals surface area contributed by atoms with Crippen molar-refractivity contribution in [3.8, 4) is 23.2 Å². The molecule has 0 spiro atoms. The number of amides is 2. The van der Waals surface area contributed by atoms with Gasteiger partial charge in [0.15, 0.2) is 0 Å². The molecule has 2 aromatic carbocycles. The van der Waals surface area contributed by atoms with Crippen molar-refractivity contribution in [2.45, 2.75) is 12.8 Å². The molecular formula is C31H25N7O2. The van der Waals surface area contributed by atoms with E-state index in [0.29, 0.717) is 29.1 Å². The van der Waals surface area contributed by atoms with Gasteiger partial charge in [-0.15, -0.1) is 0 Å². The molecule has 9 nitrogen and oxygen atoms in total. The Morgan fingerprint density at radius 3 is 2.83 bits per heavy atom. The van der Waals surface area contributed by atoms with Gasteiger partial charge in [-0.3, -0.25) is 14.6 Å². The van der Waals surface area contributed by atoms with Crippen LogP contribution >= 0.6 is 0 Å². The summed E-state index contributed by atoms with van der Waals surface area (Å²) in [6.45, 7) is 0.592. The molecule has 0 saturated heterocycles. The van der Waals surface area contributed by atoms with Crippen LogP contribution in [0.25, 0.3) is 22.3 Å². The van der Waals surface area contributed by atoms with Gasteiger partial charge in [-0.05, 0) is 35.9 Å². The van der Waals surface area contributed by atoms with Crippen molar-refractivity contribution in [2.24, 2.45) is 7.05 Å². The Labute approximate surface area is 230 Å². The third kappa shape index (κ3) is 4.98. The van der Waals surface area contributed by atoms with Gasteiger partial charge in [0.05, 0.1) is 40.6 Å². The number of hydrogen-bond donors (Lipinski definition) is 3. The van der Waals surface area contributed by atoms with E-state index in [-0.39, 0.29) is 24.2 Å². The molecule has 196 valence electrons. The SMILES string of the molecule is Cn1c(-c2nc(N)ncc2C#Cc2cccc(CC(=O)Nc3cnc4ccccc4c3)c2)cc2c1CCNC2=O. The first-order valence-corrected chi connectivity index (χ1v) is 12.8. The monoisotopic (exact) mass is 527 g/mol. The van der Waals surface area contributed by atoms with Crippen LogP contribution in [0, 0.1) is 11.8 Å². The highest BCUT2D eigenvalue weighted by molar-refractivity contribution is 5.98. The first-order chi connectivity index (χ1) is 19.4. The Bertz CT molecular complexity index is 1860. The van der Waals surface area contributed by atoms with E-state index in [1.807, 2.05) is 72.3 Å². The lowest BCUT2D eigenvalue weighted by atomic mass is 10.1. The predicted octanol–water partition coefficient (Wildman–Crippen LogP) is 3.48. The molecule has 3 aromatic heterocycles. The summed E-state index contributed by atoms with van der Waals surface area (Å²) in [5, 5.41) is 6.76. The minimum Gasteiger partial charge on any atom is -0.368 e. The number of carbonyl (C=O) groups is 2. The van der Waals surface area contributed by atoms with Crippen LogP contribution in [0.3, 0.4) is 0 Å². The molecule has 0 bridgehead atoms. The largest absolute Gasteiger partial charge is 0.368 e. The zero-order valence-corrected chi connectivity index (χ0v) is 21.7. The molecule has 1 aliphatic heterocycles. The number of pyridine rings is 1. The Morgan fingerprint density at radius 1 is 1.07 bits per heavy atom. The Balaban J connectivity index is 1.23. The van der Waals surface area contributed by atoms with Crippen molar-refractivity contribution in [2.75, 3.05) is 17.6 Å². The van der Waals surface area contributed by atoms with E-state index in [1.165, 1.54) is 0 Å². The summed E-state index contributed by atoms with van der Waals surface area (Å²) in [5.74, 6) is 6.20. The number of hydrogen-bond acceptors (Lipinski definition) is 6. The lowest BCUT2D eigenvalue weighted by Crippen LogP contribution is -2.31. The van der Waals surface area contributed by atoms with Gasteiger partial charge < -0.3 is 20.9 Å². The van der Waals surface area contributed by atoms with E-state index >= 15 is 0 Å². The summed E-state index contributed by atoms with van der Waals surface area (Å²) < 4.78 is 1.96. The summed E-state index contributed by atoms with van der Waals surface area (Å²) in [7, 11) is 1.91. The molecule has 40 heavy (non-hydrogen) atoms. The normalized spacial score (nSPS) is 12.3. The second kappa shape index (κ2) is 10.3. The van der Waals surface area contributed by atoms with Crippen LogP contribution in [-0.2, 0) is 24.7 Å². The number of nitrogens with zero attached hydrogens (tertiary/aromatic N) is 4. The fraction of sp³-hybridized carbons (Fsp3) is 0.129. The summed E-state index contributed by atoms with van der Waals surface area (Å²) in [5.41, 5.74) is 12.5. The molecule has 1 aliphatic rings. The second-order valence-electron chi connectivity index (χ2n) is 9.54. The molecule has 0 atom stereocenters. The van der Waals surface area contributed by atoms with Gasteiger partial charge in [-0.1, -0.05) is 42.2 Å². The van der Waals surface area contributed by atoms with E-state index in [9.17, 15) is 9.59 Å². The topological polar surface area (TPSA) is 128 Å². The van der Waals surface area contributed by atoms with E-state index in [1.54, 1.807) is 12.4 Å². The van der Waals surface area contributed by atoms with E-state index in [4.69, 9.17) is 5.73 Å². The summed E-state index contributed by atoms with van der Waals surface area (Å²) >= 11 is 0. The predicted molar refractivity (Wildman–Crippen MR) is 153 cm³/mol. The maximum atomic E-state index is 12.7. The molecular weight excluding hydrogens is 502 g/mol. The minimum absolute atomic E-state index is 0.101. The number of benzene rings is 2. The van der Waals surface area contributed by atoms with Gasteiger partial charge in [0.2, 0.25) is 11.9 Å². The van der Waals surface area contributed by atoms with Crippen molar-refractivity contribution in [1.29, 1.82) is 0 Å². The average Bonchev–Trinajstić information content (AvgIpc) is 3.30. The van der Waals surface area contributed by atoms with Crippen LogP contribution in [0.1, 0.15) is 32.7 Å². The molecule has 0 radical (unpaired) electrons. The zero-order chi connectivity index (χ0) is 27.6. The molecule has 9 heteroatoms. The standard InChI is InChI=1S/C31H25N7O2/c1-38-26-11-12-33-30(40)24(26)16-27(38)29-22(17-35-31(32)37-29)10-9-19-5-4-6-20(13-19)14-28(39)36-23-15-21-7-2-3-8-25(21)34-18-23/h2-8,13,15-18H,11-12,14H2,1H3,(H,33,40)(H,36,39)(H2,32,35,37). The van der Waals surface area contributed by atoms with Crippen molar-refractivity contribution in [3.63, 3.8) is 0 Å².